The van der Waals surface area contributed by atoms with E-state index in [0.29, 0.717) is 19.6 Å². The van der Waals surface area contributed by atoms with E-state index in [1.807, 2.05) is 13.8 Å². The van der Waals surface area contributed by atoms with Crippen LogP contribution in [0.15, 0.2) is 5.16 Å². The molecule has 0 saturated carbocycles. The Balaban J connectivity index is 2.48. The summed E-state index contributed by atoms with van der Waals surface area (Å²) in [6.45, 7) is 5.96. The molecule has 1 fully saturated rings. The van der Waals surface area contributed by atoms with Crippen molar-refractivity contribution in [2.75, 3.05) is 19.6 Å². The predicted molar refractivity (Wildman–Crippen MR) is 66.0 cm³/mol. The molecule has 17 heavy (non-hydrogen) atoms. The zero-order valence-electron chi connectivity index (χ0n) is 10.6. The lowest BCUT2D eigenvalue weighted by Crippen LogP contribution is -2.50. The Morgan fingerprint density at radius 1 is 1.53 bits per heavy atom. The number of nitrogens with two attached hydrogens (primary N) is 1. The SMILES string of the molecule is CCCNC(=O)N1CCC(C)(C(N)=NO)CC1. The Bertz CT molecular complexity index is 296. The highest BCUT2D eigenvalue weighted by Gasteiger charge is 2.35. The average Bonchev–Trinajstić information content (AvgIpc) is 2.35. The first-order valence-electron chi connectivity index (χ1n) is 6.04. The Labute approximate surface area is 102 Å². The van der Waals surface area contributed by atoms with Crippen LogP contribution in [0.1, 0.15) is 33.1 Å². The fourth-order valence-corrected chi connectivity index (χ4v) is 1.92. The maximum atomic E-state index is 11.7. The minimum absolute atomic E-state index is 0.0200. The van der Waals surface area contributed by atoms with E-state index in [1.54, 1.807) is 4.90 Å². The van der Waals surface area contributed by atoms with Crippen molar-refractivity contribution in [2.24, 2.45) is 16.3 Å². The zero-order chi connectivity index (χ0) is 12.9. The van der Waals surface area contributed by atoms with Crippen molar-refractivity contribution >= 4 is 11.9 Å². The van der Waals surface area contributed by atoms with Crippen molar-refractivity contribution in [1.82, 2.24) is 10.2 Å². The lowest BCUT2D eigenvalue weighted by atomic mass is 9.79. The summed E-state index contributed by atoms with van der Waals surface area (Å²) in [7, 11) is 0. The van der Waals surface area contributed by atoms with Crippen LogP contribution in [0.5, 0.6) is 0 Å². The van der Waals surface area contributed by atoms with E-state index in [1.165, 1.54) is 0 Å². The number of rotatable bonds is 3. The first-order valence-corrected chi connectivity index (χ1v) is 6.04. The van der Waals surface area contributed by atoms with Crippen LogP contribution in [0.25, 0.3) is 0 Å². The molecule has 0 aliphatic carbocycles. The van der Waals surface area contributed by atoms with Gasteiger partial charge in [0, 0.05) is 25.0 Å². The van der Waals surface area contributed by atoms with Crippen molar-refractivity contribution < 1.29 is 10.0 Å². The van der Waals surface area contributed by atoms with Crippen LogP contribution < -0.4 is 11.1 Å². The molecule has 0 spiro atoms. The van der Waals surface area contributed by atoms with Gasteiger partial charge in [-0.05, 0) is 19.3 Å². The molecule has 0 aromatic heterocycles. The van der Waals surface area contributed by atoms with E-state index in [-0.39, 0.29) is 17.3 Å². The molecule has 1 saturated heterocycles. The van der Waals surface area contributed by atoms with Gasteiger partial charge >= 0.3 is 6.03 Å². The highest BCUT2D eigenvalue weighted by molar-refractivity contribution is 5.86. The van der Waals surface area contributed by atoms with Crippen LogP contribution in [0.4, 0.5) is 4.79 Å². The summed E-state index contributed by atoms with van der Waals surface area (Å²) in [6, 6.07) is -0.0200. The van der Waals surface area contributed by atoms with Crippen LogP contribution in [-0.4, -0.2) is 41.6 Å². The maximum Gasteiger partial charge on any atom is 0.317 e. The first-order chi connectivity index (χ1) is 8.03. The molecule has 1 rings (SSSR count). The second kappa shape index (κ2) is 5.75. The van der Waals surface area contributed by atoms with Crippen molar-refractivity contribution in [3.63, 3.8) is 0 Å². The third-order valence-electron chi connectivity index (χ3n) is 3.41. The van der Waals surface area contributed by atoms with Gasteiger partial charge in [0.2, 0.25) is 0 Å². The van der Waals surface area contributed by atoms with Gasteiger partial charge in [0.15, 0.2) is 0 Å². The second-order valence-corrected chi connectivity index (χ2v) is 4.76. The number of urea groups is 1. The van der Waals surface area contributed by atoms with Crippen molar-refractivity contribution in [3.05, 3.63) is 0 Å². The molecule has 6 heteroatoms. The number of nitrogens with zero attached hydrogens (tertiary/aromatic N) is 2. The molecule has 0 atom stereocenters. The Kier molecular flexibility index (Phi) is 4.60. The number of carbonyl (C=O) groups is 1. The lowest BCUT2D eigenvalue weighted by Gasteiger charge is -2.38. The summed E-state index contributed by atoms with van der Waals surface area (Å²) in [5.41, 5.74) is 5.37. The third-order valence-corrected chi connectivity index (χ3v) is 3.41. The molecule has 98 valence electrons. The van der Waals surface area contributed by atoms with E-state index in [9.17, 15) is 4.79 Å². The second-order valence-electron chi connectivity index (χ2n) is 4.76. The van der Waals surface area contributed by atoms with Gasteiger partial charge in [-0.1, -0.05) is 19.0 Å². The molecule has 0 radical (unpaired) electrons. The van der Waals surface area contributed by atoms with Crippen molar-refractivity contribution in [2.45, 2.75) is 33.1 Å². The molecule has 0 aromatic carbocycles. The van der Waals surface area contributed by atoms with Crippen LogP contribution in [0, 0.1) is 5.41 Å². The number of amidine groups is 1. The molecule has 0 aromatic rings. The third kappa shape index (κ3) is 3.25. The summed E-state index contributed by atoms with van der Waals surface area (Å²) >= 11 is 0. The van der Waals surface area contributed by atoms with E-state index < -0.39 is 0 Å². The normalized spacial score (nSPS) is 20.1. The molecule has 4 N–H and O–H groups in total. The zero-order valence-corrected chi connectivity index (χ0v) is 10.6. The Hall–Kier alpha value is -1.46. The largest absolute Gasteiger partial charge is 0.409 e. The molecule has 2 amide bonds. The van der Waals surface area contributed by atoms with Crippen molar-refractivity contribution in [1.29, 1.82) is 0 Å². The number of oxime groups is 1. The molecule has 0 unspecified atom stereocenters. The van der Waals surface area contributed by atoms with Gasteiger partial charge in [0.25, 0.3) is 0 Å². The van der Waals surface area contributed by atoms with Gasteiger partial charge < -0.3 is 21.2 Å². The number of amides is 2. The van der Waals surface area contributed by atoms with Crippen LogP contribution in [0.2, 0.25) is 0 Å². The topological polar surface area (TPSA) is 91.0 Å². The molecular formula is C11H22N4O2. The fourth-order valence-electron chi connectivity index (χ4n) is 1.92. The molecule has 1 heterocycles. The summed E-state index contributed by atoms with van der Waals surface area (Å²) in [5.74, 6) is 0.256. The van der Waals surface area contributed by atoms with Gasteiger partial charge in [0.1, 0.15) is 5.84 Å². The van der Waals surface area contributed by atoms with Crippen LogP contribution >= 0.6 is 0 Å². The Morgan fingerprint density at radius 2 is 2.12 bits per heavy atom. The maximum absolute atomic E-state index is 11.7. The smallest absolute Gasteiger partial charge is 0.317 e. The minimum Gasteiger partial charge on any atom is -0.409 e. The van der Waals surface area contributed by atoms with Gasteiger partial charge in [-0.25, -0.2) is 4.79 Å². The van der Waals surface area contributed by atoms with Gasteiger partial charge in [-0.2, -0.15) is 0 Å². The van der Waals surface area contributed by atoms with Crippen molar-refractivity contribution in [3.8, 4) is 0 Å². The highest BCUT2D eigenvalue weighted by Crippen LogP contribution is 2.30. The summed E-state index contributed by atoms with van der Waals surface area (Å²) in [5, 5.41) is 14.6. The molecule has 1 aliphatic heterocycles. The Morgan fingerprint density at radius 3 is 2.59 bits per heavy atom. The van der Waals surface area contributed by atoms with Gasteiger partial charge in [-0.15, -0.1) is 0 Å². The molecule has 0 bridgehead atoms. The fraction of sp³-hybridized carbons (Fsp3) is 0.818. The molecule has 6 nitrogen and oxygen atoms in total. The molecule has 1 aliphatic rings. The van der Waals surface area contributed by atoms with E-state index in [4.69, 9.17) is 10.9 Å². The molecular weight excluding hydrogens is 220 g/mol. The van der Waals surface area contributed by atoms with Crippen LogP contribution in [0.3, 0.4) is 0 Å². The summed E-state index contributed by atoms with van der Waals surface area (Å²) < 4.78 is 0. The number of piperidine rings is 1. The number of carbonyl (C=O) groups excluding carboxylic acids is 1. The standard InChI is InChI=1S/C11H22N4O2/c1-3-6-13-10(16)15-7-4-11(2,5-8-15)9(12)14-17/h17H,3-8H2,1-2H3,(H2,12,14)(H,13,16). The predicted octanol–water partition coefficient (Wildman–Crippen LogP) is 0.955. The quantitative estimate of drug-likeness (QED) is 0.298. The van der Waals surface area contributed by atoms with Gasteiger partial charge in [-0.3, -0.25) is 0 Å². The lowest BCUT2D eigenvalue weighted by molar-refractivity contribution is 0.157. The summed E-state index contributed by atoms with van der Waals surface area (Å²) in [6.07, 6.45) is 2.38. The monoisotopic (exact) mass is 242 g/mol. The van der Waals surface area contributed by atoms with E-state index in [2.05, 4.69) is 10.5 Å². The first kappa shape index (κ1) is 13.6. The number of hydrogen-bond acceptors (Lipinski definition) is 3. The minimum atomic E-state index is -0.295. The van der Waals surface area contributed by atoms with Crippen LogP contribution in [-0.2, 0) is 0 Å². The number of nitrogens with one attached hydrogen (secondary N) is 1. The van der Waals surface area contributed by atoms with Gasteiger partial charge in [0.05, 0.1) is 0 Å². The number of likely N-dealkylation sites (tertiary alicyclic amines) is 1. The number of hydrogen-bond donors (Lipinski definition) is 3. The average molecular weight is 242 g/mol. The summed E-state index contributed by atoms with van der Waals surface area (Å²) in [4.78, 5) is 13.5. The highest BCUT2D eigenvalue weighted by atomic mass is 16.4. The van der Waals surface area contributed by atoms with E-state index in [0.717, 1.165) is 19.3 Å². The van der Waals surface area contributed by atoms with E-state index >= 15 is 0 Å².